The molecule has 0 radical (unpaired) electrons. The predicted octanol–water partition coefficient (Wildman–Crippen LogP) is 0.968. The number of nitrogens with one attached hydrogen (secondary N) is 2. The summed E-state index contributed by atoms with van der Waals surface area (Å²) in [6, 6.07) is 5.19. The zero-order valence-electron chi connectivity index (χ0n) is 11.3. The molecule has 0 bridgehead atoms. The number of benzene rings is 1. The summed E-state index contributed by atoms with van der Waals surface area (Å²) in [6.07, 6.45) is 0.721. The van der Waals surface area contributed by atoms with E-state index in [9.17, 15) is 18.5 Å². The molecule has 2 rings (SSSR count). The van der Waals surface area contributed by atoms with Crippen molar-refractivity contribution in [2.75, 3.05) is 24.6 Å². The van der Waals surface area contributed by atoms with E-state index >= 15 is 0 Å². The van der Waals surface area contributed by atoms with Crippen molar-refractivity contribution < 1.29 is 13.3 Å². The molecular formula is C12H17N3O4S2. The lowest BCUT2D eigenvalue weighted by Crippen LogP contribution is -2.40. The van der Waals surface area contributed by atoms with Crippen molar-refractivity contribution in [1.82, 2.24) is 10.0 Å². The fourth-order valence-electron chi connectivity index (χ4n) is 2.00. The Hall–Kier alpha value is -1.16. The largest absolute Gasteiger partial charge is 0.312 e. The van der Waals surface area contributed by atoms with Gasteiger partial charge in [0.1, 0.15) is 0 Å². The highest BCUT2D eigenvalue weighted by atomic mass is 32.2. The Bertz CT molecular complexity index is 583. The van der Waals surface area contributed by atoms with Gasteiger partial charge >= 0.3 is 0 Å². The molecular weight excluding hydrogens is 314 g/mol. The van der Waals surface area contributed by atoms with Crippen LogP contribution in [0, 0.1) is 10.1 Å². The van der Waals surface area contributed by atoms with Crippen LogP contribution in [-0.2, 0) is 10.0 Å². The summed E-state index contributed by atoms with van der Waals surface area (Å²) in [7, 11) is -3.61. The summed E-state index contributed by atoms with van der Waals surface area (Å²) < 4.78 is 26.6. The third-order valence-corrected chi connectivity index (χ3v) is 5.75. The van der Waals surface area contributed by atoms with Crippen molar-refractivity contribution in [3.05, 3.63) is 34.4 Å². The Labute approximate surface area is 127 Å². The molecule has 1 unspecified atom stereocenters. The molecule has 1 aliphatic rings. The van der Waals surface area contributed by atoms with Crippen LogP contribution in [0.1, 0.15) is 6.42 Å². The minimum Gasteiger partial charge on any atom is -0.312 e. The Balaban J connectivity index is 1.90. The lowest BCUT2D eigenvalue weighted by molar-refractivity contribution is -0.384. The molecule has 0 aliphatic carbocycles. The van der Waals surface area contributed by atoms with Gasteiger partial charge in [-0.2, -0.15) is 11.8 Å². The molecule has 1 aromatic rings. The van der Waals surface area contributed by atoms with E-state index in [1.165, 1.54) is 24.3 Å². The Kier molecular flexibility index (Phi) is 5.57. The van der Waals surface area contributed by atoms with Gasteiger partial charge in [0.05, 0.1) is 9.82 Å². The second kappa shape index (κ2) is 7.21. The first-order valence-electron chi connectivity index (χ1n) is 6.54. The average molecular weight is 331 g/mol. The maximum Gasteiger partial charge on any atom is 0.269 e. The zero-order chi connectivity index (χ0) is 15.3. The molecule has 0 spiro atoms. The van der Waals surface area contributed by atoms with Crippen LogP contribution in [0.2, 0.25) is 0 Å². The van der Waals surface area contributed by atoms with Crippen molar-refractivity contribution in [3.63, 3.8) is 0 Å². The maximum atomic E-state index is 12.0. The van der Waals surface area contributed by atoms with Gasteiger partial charge in [-0.3, -0.25) is 10.1 Å². The van der Waals surface area contributed by atoms with Crippen LogP contribution in [0.4, 0.5) is 5.69 Å². The number of thioether (sulfide) groups is 1. The van der Waals surface area contributed by atoms with Gasteiger partial charge in [0.15, 0.2) is 0 Å². The fourth-order valence-corrected chi connectivity index (χ4v) is 4.05. The van der Waals surface area contributed by atoms with Crippen LogP contribution in [0.3, 0.4) is 0 Å². The van der Waals surface area contributed by atoms with E-state index in [0.717, 1.165) is 24.5 Å². The number of nitrogens with zero attached hydrogens (tertiary/aromatic N) is 1. The molecule has 1 aromatic carbocycles. The number of non-ortho nitro benzene ring substituents is 1. The van der Waals surface area contributed by atoms with Gasteiger partial charge in [-0.05, 0) is 18.6 Å². The van der Waals surface area contributed by atoms with Crippen molar-refractivity contribution in [3.8, 4) is 0 Å². The number of nitro groups is 1. The second-order valence-corrected chi connectivity index (χ2v) is 7.58. The van der Waals surface area contributed by atoms with Gasteiger partial charge in [-0.25, -0.2) is 13.1 Å². The molecule has 2 N–H and O–H groups in total. The van der Waals surface area contributed by atoms with Crippen LogP contribution in [0.25, 0.3) is 0 Å². The topological polar surface area (TPSA) is 101 Å². The third kappa shape index (κ3) is 4.67. The monoisotopic (exact) mass is 331 g/mol. The molecule has 1 saturated heterocycles. The second-order valence-electron chi connectivity index (χ2n) is 4.66. The molecule has 116 valence electrons. The van der Waals surface area contributed by atoms with Crippen molar-refractivity contribution in [1.29, 1.82) is 0 Å². The standard InChI is InChI=1S/C12H17N3O4S2/c16-15(17)11-1-3-12(4-2-11)21(18,19)14-6-5-10-9-20-8-7-13-10/h1-4,10,13-14H,5-9H2. The minimum absolute atomic E-state index is 0.0408. The third-order valence-electron chi connectivity index (χ3n) is 3.14. The van der Waals surface area contributed by atoms with E-state index in [-0.39, 0.29) is 10.6 Å². The summed E-state index contributed by atoms with van der Waals surface area (Å²) >= 11 is 1.86. The quantitative estimate of drug-likeness (QED) is 0.595. The number of nitro benzene ring substituents is 1. The summed E-state index contributed by atoms with van der Waals surface area (Å²) in [5.41, 5.74) is -0.127. The Morgan fingerprint density at radius 1 is 1.38 bits per heavy atom. The van der Waals surface area contributed by atoms with Crippen molar-refractivity contribution in [2.45, 2.75) is 17.4 Å². The molecule has 0 amide bonds. The molecule has 0 aromatic heterocycles. The van der Waals surface area contributed by atoms with Gasteiger partial charge < -0.3 is 5.32 Å². The van der Waals surface area contributed by atoms with E-state index in [2.05, 4.69) is 10.0 Å². The molecule has 21 heavy (non-hydrogen) atoms. The average Bonchev–Trinajstić information content (AvgIpc) is 2.48. The highest BCUT2D eigenvalue weighted by Gasteiger charge is 2.17. The number of hydrogen-bond acceptors (Lipinski definition) is 6. The van der Waals surface area contributed by atoms with E-state index in [1.54, 1.807) is 0 Å². The molecule has 1 atom stereocenters. The van der Waals surface area contributed by atoms with E-state index in [1.807, 2.05) is 11.8 Å². The molecule has 7 nitrogen and oxygen atoms in total. The van der Waals surface area contributed by atoms with E-state index < -0.39 is 14.9 Å². The van der Waals surface area contributed by atoms with Gasteiger partial charge in [-0.15, -0.1) is 0 Å². The van der Waals surface area contributed by atoms with Gasteiger partial charge in [0, 0.05) is 42.8 Å². The van der Waals surface area contributed by atoms with E-state index in [0.29, 0.717) is 12.6 Å². The van der Waals surface area contributed by atoms with Crippen LogP contribution < -0.4 is 10.0 Å². The Morgan fingerprint density at radius 3 is 2.67 bits per heavy atom. The van der Waals surface area contributed by atoms with Crippen molar-refractivity contribution in [2.24, 2.45) is 0 Å². The first-order chi connectivity index (χ1) is 9.99. The first-order valence-corrected chi connectivity index (χ1v) is 9.18. The summed E-state index contributed by atoms with van der Waals surface area (Å²) in [5, 5.41) is 13.9. The number of rotatable bonds is 6. The first kappa shape index (κ1) is 16.2. The normalized spacial score (nSPS) is 19.3. The summed E-state index contributed by atoms with van der Waals surface area (Å²) in [6.45, 7) is 1.29. The van der Waals surface area contributed by atoms with Gasteiger partial charge in [-0.1, -0.05) is 0 Å². The van der Waals surface area contributed by atoms with E-state index in [4.69, 9.17) is 0 Å². The summed E-state index contributed by atoms with van der Waals surface area (Å²) in [4.78, 5) is 10.0. The van der Waals surface area contributed by atoms with Gasteiger partial charge in [0.25, 0.3) is 5.69 Å². The van der Waals surface area contributed by atoms with Gasteiger partial charge in [0.2, 0.25) is 10.0 Å². The molecule has 1 heterocycles. The fraction of sp³-hybridized carbons (Fsp3) is 0.500. The molecule has 1 fully saturated rings. The lowest BCUT2D eigenvalue weighted by atomic mass is 10.2. The van der Waals surface area contributed by atoms with Crippen LogP contribution in [-0.4, -0.2) is 44.0 Å². The SMILES string of the molecule is O=[N+]([O-])c1ccc(S(=O)(=O)NCCC2CSCCN2)cc1. The predicted molar refractivity (Wildman–Crippen MR) is 82.0 cm³/mol. The molecule has 9 heteroatoms. The van der Waals surface area contributed by atoms with Crippen molar-refractivity contribution >= 4 is 27.5 Å². The number of sulfonamides is 1. The lowest BCUT2D eigenvalue weighted by Gasteiger charge is -2.23. The summed E-state index contributed by atoms with van der Waals surface area (Å²) in [5.74, 6) is 2.07. The zero-order valence-corrected chi connectivity index (χ0v) is 13.0. The van der Waals surface area contributed by atoms with Crippen LogP contribution in [0.15, 0.2) is 29.2 Å². The minimum atomic E-state index is -3.61. The maximum absolute atomic E-state index is 12.0. The molecule has 1 aliphatic heterocycles. The van der Waals surface area contributed by atoms with Crippen LogP contribution >= 0.6 is 11.8 Å². The molecule has 0 saturated carbocycles. The Morgan fingerprint density at radius 2 is 2.10 bits per heavy atom. The number of hydrogen-bond donors (Lipinski definition) is 2. The highest BCUT2D eigenvalue weighted by molar-refractivity contribution is 7.99. The smallest absolute Gasteiger partial charge is 0.269 e. The highest BCUT2D eigenvalue weighted by Crippen LogP contribution is 2.16. The van der Waals surface area contributed by atoms with Crippen LogP contribution in [0.5, 0.6) is 0 Å².